The van der Waals surface area contributed by atoms with Gasteiger partial charge in [-0.05, 0) is 12.2 Å². The highest BCUT2D eigenvalue weighted by Gasteiger charge is 1.72. The lowest BCUT2D eigenvalue weighted by molar-refractivity contribution is 0.172. The molecule has 9 heavy (non-hydrogen) atoms. The minimum absolute atomic E-state index is 0. The lowest BCUT2D eigenvalue weighted by Gasteiger charge is -1.97. The third-order valence-electron chi connectivity index (χ3n) is 0.490. The number of hydrogen-bond donors (Lipinski definition) is 3. The van der Waals surface area contributed by atoms with Crippen LogP contribution in [-0.4, -0.2) is 17.7 Å². The minimum atomic E-state index is 0. The Morgan fingerprint density at radius 2 is 2.00 bits per heavy atom. The molecule has 49 valence electrons. The molecule has 0 unspecified atom stereocenters. The maximum absolute atomic E-state index is 7.00. The van der Waals surface area contributed by atoms with Crippen molar-refractivity contribution in [2.24, 2.45) is 0 Å². The van der Waals surface area contributed by atoms with E-state index in [0.717, 1.165) is 0 Å². The zero-order valence-corrected chi connectivity index (χ0v) is 4.69. The Morgan fingerprint density at radius 1 is 1.33 bits per heavy atom. The fourth-order valence-corrected chi connectivity index (χ4v) is 0.258. The van der Waals surface area contributed by atoms with E-state index >= 15 is 0 Å². The molecule has 1 aliphatic heterocycles. The Bertz CT molecular complexity index is 92.0. The van der Waals surface area contributed by atoms with E-state index < -0.39 is 0 Å². The van der Waals surface area contributed by atoms with Gasteiger partial charge < -0.3 is 14.9 Å². The molecular formula is C4H7BNO3. The van der Waals surface area contributed by atoms with Crippen molar-refractivity contribution in [2.45, 2.75) is 0 Å². The van der Waals surface area contributed by atoms with Gasteiger partial charge in [0.25, 0.3) is 0 Å². The normalized spacial score (nSPS) is 12.2. The molecule has 0 saturated heterocycles. The quantitative estimate of drug-likeness (QED) is 0.368. The van der Waals surface area contributed by atoms with E-state index in [2.05, 4.69) is 10.3 Å². The third kappa shape index (κ3) is 7.06. The average Bonchev–Trinajstić information content (AvgIpc) is 1.93. The van der Waals surface area contributed by atoms with Crippen LogP contribution in [0.4, 0.5) is 0 Å². The molecule has 1 radical (unpaired) electrons. The molecule has 1 heterocycles. The third-order valence-corrected chi connectivity index (χ3v) is 0.490. The number of allylic oxidation sites excluding steroid dienone is 2. The number of nitrogens with one attached hydrogen (secondary N) is 1. The molecule has 0 spiro atoms. The van der Waals surface area contributed by atoms with Crippen LogP contribution in [0.3, 0.4) is 0 Å². The standard InChI is InChI=1S/C4H5NO.BH2O2/c1-2-4-6-5-3-1;2-1-3/h1-5H;2-3H. The van der Waals surface area contributed by atoms with Gasteiger partial charge >= 0.3 is 7.69 Å². The van der Waals surface area contributed by atoms with Gasteiger partial charge in [-0.25, -0.2) is 5.48 Å². The zero-order valence-electron chi connectivity index (χ0n) is 4.69. The summed E-state index contributed by atoms with van der Waals surface area (Å²) in [4.78, 5) is 4.55. The smallest absolute Gasteiger partial charge is 0.429 e. The molecule has 0 aromatic carbocycles. The van der Waals surface area contributed by atoms with Crippen molar-refractivity contribution in [1.82, 2.24) is 5.48 Å². The molecule has 0 amide bonds. The molecule has 0 aliphatic carbocycles. The second-order valence-corrected chi connectivity index (χ2v) is 1.04. The number of hydrogen-bond acceptors (Lipinski definition) is 4. The molecule has 0 atom stereocenters. The van der Waals surface area contributed by atoms with Gasteiger partial charge in [-0.15, -0.1) is 0 Å². The Morgan fingerprint density at radius 3 is 2.11 bits per heavy atom. The van der Waals surface area contributed by atoms with Crippen molar-refractivity contribution in [3.63, 3.8) is 0 Å². The van der Waals surface area contributed by atoms with Crippen LogP contribution in [0.15, 0.2) is 24.6 Å². The summed E-state index contributed by atoms with van der Waals surface area (Å²) >= 11 is 0. The maximum atomic E-state index is 7.00. The van der Waals surface area contributed by atoms with Gasteiger partial charge in [0, 0.05) is 6.20 Å². The van der Waals surface area contributed by atoms with Gasteiger partial charge in [0.15, 0.2) is 0 Å². The van der Waals surface area contributed by atoms with Crippen LogP contribution in [-0.2, 0) is 4.84 Å². The van der Waals surface area contributed by atoms with E-state index in [0.29, 0.717) is 0 Å². The summed E-state index contributed by atoms with van der Waals surface area (Å²) in [6.45, 7) is 0. The Labute approximate surface area is 53.7 Å². The predicted molar refractivity (Wildman–Crippen MR) is 32.7 cm³/mol. The summed E-state index contributed by atoms with van der Waals surface area (Å²) in [7, 11) is 0. The SMILES string of the molecule is C1=CNOC=C1.O[B]O. The van der Waals surface area contributed by atoms with Crippen molar-refractivity contribution in [1.29, 1.82) is 0 Å². The van der Waals surface area contributed by atoms with Crippen molar-refractivity contribution in [3.8, 4) is 0 Å². The summed E-state index contributed by atoms with van der Waals surface area (Å²) in [5, 5.41) is 14.0. The fourth-order valence-electron chi connectivity index (χ4n) is 0.258. The Kier molecular flexibility index (Phi) is 6.33. The Hall–Kier alpha value is -0.935. The van der Waals surface area contributed by atoms with E-state index in [9.17, 15) is 0 Å². The van der Waals surface area contributed by atoms with Gasteiger partial charge in [-0.1, -0.05) is 0 Å². The Balaban J connectivity index is 0.000000187. The van der Waals surface area contributed by atoms with Crippen molar-refractivity contribution in [2.75, 3.05) is 0 Å². The van der Waals surface area contributed by atoms with Gasteiger partial charge in [0.05, 0.1) is 0 Å². The second-order valence-electron chi connectivity index (χ2n) is 1.04. The molecule has 0 fully saturated rings. The van der Waals surface area contributed by atoms with Crippen LogP contribution in [0.1, 0.15) is 0 Å². The second kappa shape index (κ2) is 7.06. The molecule has 4 nitrogen and oxygen atoms in total. The summed E-state index contributed by atoms with van der Waals surface area (Å²) in [5.74, 6) is 0. The monoisotopic (exact) mass is 128 g/mol. The first kappa shape index (κ1) is 8.06. The lowest BCUT2D eigenvalue weighted by atomic mass is 10.5. The predicted octanol–water partition coefficient (Wildman–Crippen LogP) is -0.946. The zero-order chi connectivity index (χ0) is 6.95. The highest BCUT2D eigenvalue weighted by atomic mass is 16.6. The summed E-state index contributed by atoms with van der Waals surface area (Å²) in [6, 6.07) is 0. The summed E-state index contributed by atoms with van der Waals surface area (Å²) < 4.78 is 0. The molecule has 0 bridgehead atoms. The molecule has 3 N–H and O–H groups in total. The van der Waals surface area contributed by atoms with Crippen LogP contribution in [0.5, 0.6) is 0 Å². The number of rotatable bonds is 0. The minimum Gasteiger partial charge on any atom is -0.429 e. The highest BCUT2D eigenvalue weighted by molar-refractivity contribution is 6.13. The first-order chi connectivity index (χ1) is 4.41. The maximum Gasteiger partial charge on any atom is 0.482 e. The van der Waals surface area contributed by atoms with Crippen LogP contribution >= 0.6 is 0 Å². The van der Waals surface area contributed by atoms with Crippen molar-refractivity contribution < 1.29 is 14.9 Å². The average molecular weight is 128 g/mol. The molecular weight excluding hydrogens is 121 g/mol. The van der Waals surface area contributed by atoms with Crippen LogP contribution in [0.2, 0.25) is 0 Å². The van der Waals surface area contributed by atoms with Gasteiger partial charge in [0.2, 0.25) is 0 Å². The van der Waals surface area contributed by atoms with Gasteiger partial charge in [-0.3, -0.25) is 0 Å². The summed E-state index contributed by atoms with van der Waals surface area (Å²) in [5.41, 5.74) is 2.52. The summed E-state index contributed by atoms with van der Waals surface area (Å²) in [6.07, 6.45) is 6.93. The van der Waals surface area contributed by atoms with E-state index in [4.69, 9.17) is 10.0 Å². The van der Waals surface area contributed by atoms with E-state index in [1.54, 1.807) is 18.5 Å². The molecule has 1 rings (SSSR count). The molecule has 0 saturated carbocycles. The fraction of sp³-hybridized carbons (Fsp3) is 0. The topological polar surface area (TPSA) is 61.7 Å². The van der Waals surface area contributed by atoms with Gasteiger partial charge in [-0.2, -0.15) is 0 Å². The molecule has 5 heteroatoms. The highest BCUT2D eigenvalue weighted by Crippen LogP contribution is 1.80. The van der Waals surface area contributed by atoms with E-state index in [1.165, 1.54) is 0 Å². The van der Waals surface area contributed by atoms with E-state index in [1.807, 2.05) is 6.08 Å². The van der Waals surface area contributed by atoms with Crippen LogP contribution < -0.4 is 5.48 Å². The van der Waals surface area contributed by atoms with E-state index in [-0.39, 0.29) is 7.69 Å². The number of hydroxylamine groups is 1. The van der Waals surface area contributed by atoms with Crippen LogP contribution in [0.25, 0.3) is 0 Å². The lowest BCUT2D eigenvalue weighted by Crippen LogP contribution is -2.01. The molecule has 0 aromatic rings. The first-order valence-electron chi connectivity index (χ1n) is 2.24. The van der Waals surface area contributed by atoms with Gasteiger partial charge in [0.1, 0.15) is 6.26 Å². The molecule has 1 aliphatic rings. The van der Waals surface area contributed by atoms with Crippen LogP contribution in [0, 0.1) is 0 Å². The van der Waals surface area contributed by atoms with Crippen molar-refractivity contribution in [3.05, 3.63) is 24.6 Å². The first-order valence-corrected chi connectivity index (χ1v) is 2.24. The largest absolute Gasteiger partial charge is 0.482 e. The molecule has 0 aromatic heterocycles. The van der Waals surface area contributed by atoms with Crippen molar-refractivity contribution >= 4 is 7.69 Å².